The van der Waals surface area contributed by atoms with Crippen molar-refractivity contribution in [2.75, 3.05) is 32.5 Å². The summed E-state index contributed by atoms with van der Waals surface area (Å²) in [4.78, 5) is 156. The SMILES string of the molecule is CCC1(CC)CC(=O)N[C@@H](Cc2ccc(OC)cc2)C(=O)N[C@@H](Cc2ccccc2)C(=O)N[C@@H](CCC(N)=O)C(=O)N[C@@H](CC(N)=O)C(=O)N[C@H](C(=O)N2CCC[C@H]2C(=O)N[C@@H](CCCN=C(N)N)C(=O)NCC(N)=O)CSS1. The Bertz CT molecular complexity index is 2520. The molecule has 28 heteroatoms. The van der Waals surface area contributed by atoms with Gasteiger partial charge in [0, 0.05) is 49.3 Å². The Kier molecular flexibility index (Phi) is 25.6. The van der Waals surface area contributed by atoms with E-state index in [1.54, 1.807) is 54.6 Å². The van der Waals surface area contributed by atoms with Crippen molar-refractivity contribution in [2.45, 2.75) is 138 Å². The fourth-order valence-corrected chi connectivity index (χ4v) is 12.1. The van der Waals surface area contributed by atoms with Crippen molar-refractivity contribution in [3.8, 4) is 5.75 Å². The Labute approximate surface area is 465 Å². The molecule has 17 N–H and O–H groups in total. The smallest absolute Gasteiger partial charge is 0.246 e. The van der Waals surface area contributed by atoms with E-state index in [0.717, 1.165) is 10.8 Å². The van der Waals surface area contributed by atoms with E-state index in [2.05, 4.69) is 42.2 Å². The summed E-state index contributed by atoms with van der Waals surface area (Å²) in [6.45, 7) is 3.33. The Morgan fingerprint density at radius 2 is 1.35 bits per heavy atom. The highest BCUT2D eigenvalue weighted by Crippen LogP contribution is 2.44. The number of aliphatic imine (C=N–C) groups is 1. The minimum atomic E-state index is -1.78. The Hall–Kier alpha value is -7.62. The molecule has 2 heterocycles. The average Bonchev–Trinajstić information content (AvgIpc) is 3.91. The van der Waals surface area contributed by atoms with Gasteiger partial charge in [0.25, 0.3) is 0 Å². The zero-order chi connectivity index (χ0) is 58.2. The van der Waals surface area contributed by atoms with Crippen LogP contribution in [0.3, 0.4) is 0 Å². The molecule has 2 aliphatic rings. The monoisotopic (exact) mass is 1140 g/mol. The fourth-order valence-electron chi connectivity index (χ4n) is 8.75. The van der Waals surface area contributed by atoms with E-state index in [1.807, 2.05) is 13.8 Å². The number of hydrogen-bond acceptors (Lipinski definition) is 15. The number of likely N-dealkylation sites (tertiary alicyclic amines) is 1. The minimum absolute atomic E-state index is 0.0137. The summed E-state index contributed by atoms with van der Waals surface area (Å²) >= 11 is 0. The normalized spacial score (nSPS) is 21.8. The molecule has 0 aromatic heterocycles. The molecule has 0 bridgehead atoms. The summed E-state index contributed by atoms with van der Waals surface area (Å²) in [5.41, 5.74) is 28.5. The van der Waals surface area contributed by atoms with Crippen molar-refractivity contribution in [1.82, 2.24) is 42.1 Å². The van der Waals surface area contributed by atoms with Crippen molar-refractivity contribution in [3.05, 3.63) is 65.7 Å². The molecule has 2 saturated heterocycles. The molecule has 11 amide bonds. The lowest BCUT2D eigenvalue weighted by Crippen LogP contribution is -2.61. The van der Waals surface area contributed by atoms with Gasteiger partial charge >= 0.3 is 0 Å². The number of nitrogens with one attached hydrogen (secondary N) is 7. The maximum atomic E-state index is 14.9. The van der Waals surface area contributed by atoms with Crippen LogP contribution in [0.25, 0.3) is 0 Å². The van der Waals surface area contributed by atoms with E-state index in [0.29, 0.717) is 36.1 Å². The van der Waals surface area contributed by atoms with Gasteiger partial charge in [-0.2, -0.15) is 0 Å². The first-order valence-corrected chi connectivity index (χ1v) is 28.2. The number of methoxy groups -OCH3 is 1. The molecule has 79 heavy (non-hydrogen) atoms. The van der Waals surface area contributed by atoms with E-state index in [4.69, 9.17) is 33.4 Å². The van der Waals surface area contributed by atoms with Crippen LogP contribution in [0.15, 0.2) is 59.6 Å². The van der Waals surface area contributed by atoms with Crippen LogP contribution in [-0.2, 0) is 65.6 Å². The molecule has 0 spiro atoms. The third-order valence-electron chi connectivity index (χ3n) is 13.2. The van der Waals surface area contributed by atoms with Gasteiger partial charge in [0.1, 0.15) is 48.0 Å². The second-order valence-corrected chi connectivity index (χ2v) is 21.9. The second kappa shape index (κ2) is 31.7. The number of guanidine groups is 1. The third-order valence-corrected chi connectivity index (χ3v) is 16.7. The van der Waals surface area contributed by atoms with Crippen LogP contribution in [0.2, 0.25) is 0 Å². The zero-order valence-corrected chi connectivity index (χ0v) is 46.2. The quantitative estimate of drug-likeness (QED) is 0.0251. The van der Waals surface area contributed by atoms with Crippen LogP contribution in [0.1, 0.15) is 89.2 Å². The molecule has 2 aromatic rings. The van der Waals surface area contributed by atoms with Crippen molar-refractivity contribution in [3.63, 3.8) is 0 Å². The lowest BCUT2D eigenvalue weighted by molar-refractivity contribution is -0.142. The van der Waals surface area contributed by atoms with Gasteiger partial charge in [-0.15, -0.1) is 0 Å². The highest BCUT2D eigenvalue weighted by atomic mass is 33.1. The highest BCUT2D eigenvalue weighted by molar-refractivity contribution is 8.77. The first kappa shape index (κ1) is 63.9. The van der Waals surface area contributed by atoms with Crippen molar-refractivity contribution < 1.29 is 57.5 Å². The van der Waals surface area contributed by atoms with Gasteiger partial charge in [-0.1, -0.05) is 77.9 Å². The molecular formula is C51H74N14O12S2. The van der Waals surface area contributed by atoms with Crippen LogP contribution in [0.4, 0.5) is 0 Å². The number of carbonyl (C=O) groups is 11. The van der Waals surface area contributed by atoms with Crippen LogP contribution in [0.5, 0.6) is 5.75 Å². The molecule has 2 aliphatic heterocycles. The van der Waals surface area contributed by atoms with Gasteiger partial charge in [-0.3, -0.25) is 57.7 Å². The van der Waals surface area contributed by atoms with Gasteiger partial charge in [0.15, 0.2) is 5.96 Å². The molecule has 2 fully saturated rings. The number of amides is 11. The minimum Gasteiger partial charge on any atom is -0.497 e. The summed E-state index contributed by atoms with van der Waals surface area (Å²) in [6, 6.07) is 5.54. The van der Waals surface area contributed by atoms with Gasteiger partial charge < -0.3 is 75.5 Å². The molecule has 2 aromatic carbocycles. The first-order valence-electron chi connectivity index (χ1n) is 25.8. The molecule has 0 radical (unpaired) electrons. The largest absolute Gasteiger partial charge is 0.497 e. The molecular weight excluding hydrogens is 1060 g/mol. The number of rotatable bonds is 22. The zero-order valence-electron chi connectivity index (χ0n) is 44.5. The van der Waals surface area contributed by atoms with Gasteiger partial charge in [0.2, 0.25) is 65.0 Å². The second-order valence-electron chi connectivity index (χ2n) is 19.1. The van der Waals surface area contributed by atoms with Crippen LogP contribution in [0, 0.1) is 0 Å². The van der Waals surface area contributed by atoms with E-state index in [1.165, 1.54) is 22.8 Å². The van der Waals surface area contributed by atoms with Crippen molar-refractivity contribution in [2.24, 2.45) is 33.7 Å². The summed E-state index contributed by atoms with van der Waals surface area (Å²) in [5, 5.41) is 18.4. The topological polar surface area (TPSA) is 427 Å². The summed E-state index contributed by atoms with van der Waals surface area (Å²) < 4.78 is 4.48. The van der Waals surface area contributed by atoms with E-state index >= 15 is 0 Å². The van der Waals surface area contributed by atoms with Gasteiger partial charge in [-0.25, -0.2) is 0 Å². The number of primary amides is 3. The molecule has 4 rings (SSSR count). The highest BCUT2D eigenvalue weighted by Gasteiger charge is 2.41. The molecule has 7 atom stereocenters. The van der Waals surface area contributed by atoms with Gasteiger partial charge in [-0.05, 0) is 68.2 Å². The summed E-state index contributed by atoms with van der Waals surface area (Å²) in [7, 11) is 3.89. The molecule has 0 saturated carbocycles. The van der Waals surface area contributed by atoms with E-state index in [9.17, 15) is 52.7 Å². The predicted octanol–water partition coefficient (Wildman–Crippen LogP) is -2.48. The molecule has 0 unspecified atom stereocenters. The molecule has 432 valence electrons. The number of nitrogens with zero attached hydrogens (tertiary/aromatic N) is 2. The summed E-state index contributed by atoms with van der Waals surface area (Å²) in [6.07, 6.45) is -0.418. The van der Waals surface area contributed by atoms with Crippen molar-refractivity contribution in [1.29, 1.82) is 0 Å². The predicted molar refractivity (Wildman–Crippen MR) is 295 cm³/mol. The van der Waals surface area contributed by atoms with Gasteiger partial charge in [0.05, 0.1) is 20.1 Å². The van der Waals surface area contributed by atoms with Crippen molar-refractivity contribution >= 4 is 92.5 Å². The van der Waals surface area contributed by atoms with Crippen LogP contribution < -0.4 is 70.6 Å². The lowest BCUT2D eigenvalue weighted by Gasteiger charge is -2.33. The number of hydrogen-bond donors (Lipinski definition) is 12. The third kappa shape index (κ3) is 20.9. The Morgan fingerprint density at radius 1 is 0.759 bits per heavy atom. The summed E-state index contributed by atoms with van der Waals surface area (Å²) in [5.74, 6) is -9.10. The van der Waals surface area contributed by atoms with E-state index < -0.39 is 138 Å². The Morgan fingerprint density at radius 3 is 1.95 bits per heavy atom. The first-order chi connectivity index (χ1) is 37.6. The van der Waals surface area contributed by atoms with Crippen LogP contribution in [-0.4, -0.2) is 155 Å². The maximum absolute atomic E-state index is 14.9. The standard InChI is InChI=1S/C51H74N14O12S2/c1-4-51(5-2)26-42(69)59-34(24-30-15-17-31(77-3)18-16-30)45(72)62-35(23-29-11-7-6-8-12-29)46(73)60-33(19-20-39(52)66)44(71)63-36(25-40(53)67)47(74)64-37(28-78-79-51)49(76)65-22-10-14-38(65)48(75)61-32(13-9-21-57-50(55)56)43(70)58-27-41(54)68/h6-8,11-12,15-18,32-38H,4-5,9-10,13-14,19-28H2,1-3H3,(H2,52,66)(H2,53,67)(H2,54,68)(H,58,70)(H,59,69)(H,60,73)(H,61,75)(H,62,72)(H,63,71)(H,64,74)(H4,55,56,57)/t32-,33-,34-,35-,36-,37-,38-/m0/s1. The fraction of sp³-hybridized carbons (Fsp3) is 0.529. The molecule has 26 nitrogen and oxygen atoms in total. The number of benzene rings is 2. The number of nitrogens with two attached hydrogens (primary N) is 5. The number of ether oxygens (including phenoxy) is 1. The lowest BCUT2D eigenvalue weighted by atomic mass is 9.96. The molecule has 0 aliphatic carbocycles. The number of carbonyl (C=O) groups excluding carboxylic acids is 11. The van der Waals surface area contributed by atoms with Crippen LogP contribution >= 0.6 is 21.6 Å². The Balaban J connectivity index is 1.78. The van der Waals surface area contributed by atoms with E-state index in [-0.39, 0.29) is 63.3 Å². The maximum Gasteiger partial charge on any atom is 0.246 e. The average molecular weight is 1140 g/mol.